The number of aromatic hydroxyl groups is 2. The number of phenols is 2. The number of allylic oxidation sites excluding steroid dienone is 1. The molecule has 0 saturated heterocycles. The molecule has 3 aromatic rings. The highest BCUT2D eigenvalue weighted by Crippen LogP contribution is 2.36. The van der Waals surface area contributed by atoms with Crippen LogP contribution in [0.25, 0.3) is 11.8 Å². The van der Waals surface area contributed by atoms with Crippen molar-refractivity contribution in [3.05, 3.63) is 78.9 Å². The lowest BCUT2D eigenvalue weighted by molar-refractivity contribution is -0.138. The number of methoxy groups -OCH3 is 1. The zero-order valence-electron chi connectivity index (χ0n) is 18.2. The van der Waals surface area contributed by atoms with Gasteiger partial charge in [-0.2, -0.15) is 0 Å². The van der Waals surface area contributed by atoms with Crippen molar-refractivity contribution in [1.82, 2.24) is 4.57 Å². The van der Waals surface area contributed by atoms with Gasteiger partial charge < -0.3 is 19.7 Å². The van der Waals surface area contributed by atoms with Crippen LogP contribution in [0.3, 0.4) is 0 Å². The summed E-state index contributed by atoms with van der Waals surface area (Å²) in [5, 5.41) is 19.7. The minimum absolute atomic E-state index is 0.0357. The van der Waals surface area contributed by atoms with Crippen LogP contribution < -0.4 is 19.6 Å². The van der Waals surface area contributed by atoms with Crippen LogP contribution in [0.1, 0.15) is 31.0 Å². The minimum atomic E-state index is -0.745. The zero-order valence-corrected chi connectivity index (χ0v) is 19.0. The first kappa shape index (κ1) is 22.3. The molecule has 2 N–H and O–H groups in total. The topological polar surface area (TPSA) is 110 Å². The van der Waals surface area contributed by atoms with Crippen molar-refractivity contribution in [2.75, 3.05) is 13.7 Å². The first-order valence-electron chi connectivity index (χ1n) is 10.2. The fourth-order valence-corrected chi connectivity index (χ4v) is 4.73. The van der Waals surface area contributed by atoms with Gasteiger partial charge in [0, 0.05) is 5.70 Å². The molecule has 0 fully saturated rings. The number of carbonyl (C=O) groups is 1. The van der Waals surface area contributed by atoms with E-state index in [0.29, 0.717) is 26.2 Å². The van der Waals surface area contributed by atoms with Crippen LogP contribution in [0.2, 0.25) is 0 Å². The number of aromatic nitrogens is 1. The lowest BCUT2D eigenvalue weighted by atomic mass is 9.96. The molecule has 170 valence electrons. The molecule has 2 aromatic carbocycles. The standard InChI is InChI=1S/C24H22N2O6S/c1-4-32-23(30)20-13(2)26-22(29)19(11-14-6-5-7-16(27)10-14)33-24(26)25-21(20)15-8-9-17(28)18(12-15)31-3/h5-12,21,27-28H,4H2,1-3H3/t21-/m1/s1. The second-order valence-corrected chi connectivity index (χ2v) is 8.32. The van der Waals surface area contributed by atoms with Gasteiger partial charge in [-0.3, -0.25) is 9.36 Å². The Kier molecular flexibility index (Phi) is 6.06. The molecule has 1 aromatic heterocycles. The molecule has 9 heteroatoms. The van der Waals surface area contributed by atoms with Crippen molar-refractivity contribution >= 4 is 29.1 Å². The third-order valence-electron chi connectivity index (χ3n) is 5.23. The highest BCUT2D eigenvalue weighted by atomic mass is 32.1. The molecule has 33 heavy (non-hydrogen) atoms. The predicted octanol–water partition coefficient (Wildman–Crippen LogP) is 2.33. The van der Waals surface area contributed by atoms with Crippen molar-refractivity contribution in [3.63, 3.8) is 0 Å². The van der Waals surface area contributed by atoms with Gasteiger partial charge in [-0.25, -0.2) is 9.79 Å². The first-order valence-corrected chi connectivity index (χ1v) is 11.0. The molecule has 1 aliphatic rings. The molecule has 0 aliphatic carbocycles. The number of phenolic OH excluding ortho intramolecular Hbond substituents is 2. The molecule has 0 unspecified atom stereocenters. The third-order valence-corrected chi connectivity index (χ3v) is 6.21. The number of hydrogen-bond donors (Lipinski definition) is 2. The number of thiazole rings is 1. The maximum absolute atomic E-state index is 13.2. The molecular formula is C24H22N2O6S. The Bertz CT molecular complexity index is 1450. The normalized spacial score (nSPS) is 15.7. The lowest BCUT2D eigenvalue weighted by Gasteiger charge is -2.22. The van der Waals surface area contributed by atoms with E-state index >= 15 is 0 Å². The van der Waals surface area contributed by atoms with Crippen LogP contribution in [-0.4, -0.2) is 34.5 Å². The summed E-state index contributed by atoms with van der Waals surface area (Å²) < 4.78 is 12.3. The summed E-state index contributed by atoms with van der Waals surface area (Å²) in [6, 6.07) is 10.6. The third kappa shape index (κ3) is 4.14. The second kappa shape index (κ2) is 8.95. The number of carbonyl (C=O) groups excluding carboxylic acids is 1. The maximum atomic E-state index is 13.2. The molecule has 0 bridgehead atoms. The van der Waals surface area contributed by atoms with E-state index in [1.807, 2.05) is 0 Å². The highest BCUT2D eigenvalue weighted by molar-refractivity contribution is 7.07. The first-order chi connectivity index (χ1) is 15.8. The lowest BCUT2D eigenvalue weighted by Crippen LogP contribution is -2.35. The molecule has 1 aliphatic heterocycles. The van der Waals surface area contributed by atoms with Gasteiger partial charge in [0.1, 0.15) is 11.8 Å². The maximum Gasteiger partial charge on any atom is 0.338 e. The second-order valence-electron chi connectivity index (χ2n) is 7.31. The average Bonchev–Trinajstić information content (AvgIpc) is 3.09. The molecule has 0 amide bonds. The Labute approximate surface area is 193 Å². The van der Waals surface area contributed by atoms with Gasteiger partial charge in [0.15, 0.2) is 16.3 Å². The number of ether oxygens (including phenoxy) is 2. The molecular weight excluding hydrogens is 444 g/mol. The fraction of sp³-hybridized carbons (Fsp3) is 0.208. The van der Waals surface area contributed by atoms with Crippen LogP contribution in [0.15, 0.2) is 57.8 Å². The minimum Gasteiger partial charge on any atom is -0.508 e. The van der Waals surface area contributed by atoms with E-state index in [1.165, 1.54) is 29.1 Å². The number of esters is 1. The Balaban J connectivity index is 1.96. The number of rotatable bonds is 5. The van der Waals surface area contributed by atoms with Gasteiger partial charge in [0.25, 0.3) is 5.56 Å². The summed E-state index contributed by atoms with van der Waals surface area (Å²) in [4.78, 5) is 31.2. The number of fused-ring (bicyclic) bond motifs is 1. The van der Waals surface area contributed by atoms with Crippen molar-refractivity contribution in [1.29, 1.82) is 0 Å². The Morgan fingerprint density at radius 1 is 1.24 bits per heavy atom. The number of hydrogen-bond acceptors (Lipinski definition) is 8. The number of benzene rings is 2. The summed E-state index contributed by atoms with van der Waals surface area (Å²) in [6.07, 6.45) is 1.67. The van der Waals surface area contributed by atoms with E-state index in [4.69, 9.17) is 14.5 Å². The largest absolute Gasteiger partial charge is 0.508 e. The summed E-state index contributed by atoms with van der Waals surface area (Å²) in [7, 11) is 1.44. The van der Waals surface area contributed by atoms with Crippen LogP contribution in [0.5, 0.6) is 17.2 Å². The van der Waals surface area contributed by atoms with E-state index in [2.05, 4.69) is 0 Å². The van der Waals surface area contributed by atoms with Gasteiger partial charge >= 0.3 is 5.97 Å². The Morgan fingerprint density at radius 2 is 2.03 bits per heavy atom. The monoisotopic (exact) mass is 466 g/mol. The summed E-state index contributed by atoms with van der Waals surface area (Å²) in [5.41, 5.74) is 1.62. The quantitative estimate of drug-likeness (QED) is 0.559. The Hall–Kier alpha value is -3.85. The van der Waals surface area contributed by atoms with Gasteiger partial charge in [-0.05, 0) is 55.3 Å². The predicted molar refractivity (Wildman–Crippen MR) is 124 cm³/mol. The zero-order chi connectivity index (χ0) is 23.7. The number of nitrogens with zero attached hydrogens (tertiary/aromatic N) is 2. The highest BCUT2D eigenvalue weighted by Gasteiger charge is 2.31. The van der Waals surface area contributed by atoms with Crippen molar-refractivity contribution in [2.45, 2.75) is 19.9 Å². The molecule has 2 heterocycles. The van der Waals surface area contributed by atoms with Crippen molar-refractivity contribution < 1.29 is 24.5 Å². The van der Waals surface area contributed by atoms with E-state index in [0.717, 1.165) is 0 Å². The van der Waals surface area contributed by atoms with E-state index in [-0.39, 0.29) is 35.0 Å². The van der Waals surface area contributed by atoms with Crippen LogP contribution in [0, 0.1) is 0 Å². The van der Waals surface area contributed by atoms with Crippen LogP contribution >= 0.6 is 11.3 Å². The Morgan fingerprint density at radius 3 is 2.73 bits per heavy atom. The summed E-state index contributed by atoms with van der Waals surface area (Å²) in [5.74, 6) is -0.267. The molecule has 0 saturated carbocycles. The molecule has 4 rings (SSSR count). The van der Waals surface area contributed by atoms with Gasteiger partial charge in [-0.15, -0.1) is 0 Å². The SMILES string of the molecule is CCOC(=O)C1=C(C)n2c(sc(=Cc3cccc(O)c3)c2=O)=N[C@@H]1c1ccc(O)c(OC)c1. The molecule has 0 radical (unpaired) electrons. The smallest absolute Gasteiger partial charge is 0.338 e. The van der Waals surface area contributed by atoms with Gasteiger partial charge in [0.2, 0.25) is 0 Å². The molecule has 1 atom stereocenters. The van der Waals surface area contributed by atoms with E-state index in [9.17, 15) is 19.8 Å². The van der Waals surface area contributed by atoms with E-state index in [1.54, 1.807) is 56.3 Å². The van der Waals surface area contributed by atoms with E-state index < -0.39 is 12.0 Å². The van der Waals surface area contributed by atoms with Gasteiger partial charge in [0.05, 0.1) is 23.8 Å². The molecule has 0 spiro atoms. The molecule has 8 nitrogen and oxygen atoms in total. The van der Waals surface area contributed by atoms with Crippen molar-refractivity contribution in [2.24, 2.45) is 4.99 Å². The van der Waals surface area contributed by atoms with Crippen LogP contribution in [0.4, 0.5) is 0 Å². The van der Waals surface area contributed by atoms with Gasteiger partial charge in [-0.1, -0.05) is 29.5 Å². The van der Waals surface area contributed by atoms with Crippen LogP contribution in [-0.2, 0) is 9.53 Å². The summed E-state index contributed by atoms with van der Waals surface area (Å²) in [6.45, 7) is 3.56. The average molecular weight is 467 g/mol. The van der Waals surface area contributed by atoms with Crippen molar-refractivity contribution in [3.8, 4) is 17.2 Å². The fourth-order valence-electron chi connectivity index (χ4n) is 3.69. The summed E-state index contributed by atoms with van der Waals surface area (Å²) >= 11 is 1.18.